The summed E-state index contributed by atoms with van der Waals surface area (Å²) in [6, 6.07) is 11.4. The van der Waals surface area contributed by atoms with Gasteiger partial charge in [-0.1, -0.05) is 24.3 Å². The average Bonchev–Trinajstić information content (AvgIpc) is 2.83. The highest BCUT2D eigenvalue weighted by atomic mass is 16.3. The molecule has 2 heteroatoms. The maximum absolute atomic E-state index is 5.64. The summed E-state index contributed by atoms with van der Waals surface area (Å²) in [5.74, 6) is 2.68. The minimum atomic E-state index is 0.344. The summed E-state index contributed by atoms with van der Waals surface area (Å²) < 4.78 is 5.64. The van der Waals surface area contributed by atoms with Crippen molar-refractivity contribution in [3.8, 4) is 0 Å². The summed E-state index contributed by atoms with van der Waals surface area (Å²) >= 11 is 0. The van der Waals surface area contributed by atoms with E-state index in [0.29, 0.717) is 12.0 Å². The highest BCUT2D eigenvalue weighted by molar-refractivity contribution is 5.33. The molecule has 0 saturated heterocycles. The predicted molar refractivity (Wildman–Crippen MR) is 86.7 cm³/mol. The highest BCUT2D eigenvalue weighted by Crippen LogP contribution is 2.31. The molecule has 1 N–H and O–H groups in total. The Labute approximate surface area is 127 Å². The van der Waals surface area contributed by atoms with Crippen LogP contribution in [0.1, 0.15) is 59.9 Å². The van der Waals surface area contributed by atoms with Gasteiger partial charge in [-0.15, -0.1) is 0 Å². The lowest BCUT2D eigenvalue weighted by molar-refractivity contribution is 0.461. The molecule has 112 valence electrons. The van der Waals surface area contributed by atoms with Crippen molar-refractivity contribution in [2.24, 2.45) is 0 Å². The van der Waals surface area contributed by atoms with Crippen molar-refractivity contribution in [1.29, 1.82) is 0 Å². The lowest BCUT2D eigenvalue weighted by Gasteiger charge is -2.27. The molecular formula is C19H25NO. The summed E-state index contributed by atoms with van der Waals surface area (Å²) in [6.45, 7) is 7.34. The summed E-state index contributed by atoms with van der Waals surface area (Å²) in [7, 11) is 0. The van der Waals surface area contributed by atoms with Crippen LogP contribution in [0.25, 0.3) is 0 Å². The first kappa shape index (κ1) is 14.4. The number of rotatable bonds is 4. The number of nitrogens with one attached hydrogen (secondary N) is 1. The first-order valence-corrected chi connectivity index (χ1v) is 8.03. The Balaban J connectivity index is 1.67. The summed E-state index contributed by atoms with van der Waals surface area (Å²) in [6.07, 6.45) is 3.84. The fourth-order valence-corrected chi connectivity index (χ4v) is 3.58. The van der Waals surface area contributed by atoms with Gasteiger partial charge in [-0.2, -0.15) is 0 Å². The smallest absolute Gasteiger partial charge is 0.105 e. The van der Waals surface area contributed by atoms with Crippen LogP contribution in [0.3, 0.4) is 0 Å². The number of aryl methyl sites for hydroxylation is 3. The van der Waals surface area contributed by atoms with Crippen molar-refractivity contribution >= 4 is 0 Å². The van der Waals surface area contributed by atoms with Crippen molar-refractivity contribution < 1.29 is 4.42 Å². The minimum Gasteiger partial charge on any atom is -0.466 e. The molecular weight excluding hydrogens is 258 g/mol. The Hall–Kier alpha value is -1.54. The van der Waals surface area contributed by atoms with Crippen LogP contribution < -0.4 is 5.32 Å². The summed E-state index contributed by atoms with van der Waals surface area (Å²) in [5.41, 5.74) is 4.37. The van der Waals surface area contributed by atoms with Gasteiger partial charge in [0.25, 0.3) is 0 Å². The topological polar surface area (TPSA) is 25.2 Å². The van der Waals surface area contributed by atoms with E-state index in [9.17, 15) is 0 Å². The van der Waals surface area contributed by atoms with Crippen molar-refractivity contribution in [3.63, 3.8) is 0 Å². The number of benzene rings is 1. The molecule has 0 aliphatic heterocycles. The Kier molecular flexibility index (Phi) is 4.16. The number of fused-ring (bicyclic) bond motifs is 1. The second-order valence-electron chi connectivity index (χ2n) is 6.29. The van der Waals surface area contributed by atoms with Crippen LogP contribution in [0.15, 0.2) is 34.7 Å². The van der Waals surface area contributed by atoms with E-state index >= 15 is 0 Å². The van der Waals surface area contributed by atoms with Crippen LogP contribution >= 0.6 is 0 Å². The number of hydrogen-bond donors (Lipinski definition) is 1. The fourth-order valence-electron chi connectivity index (χ4n) is 3.58. The number of furan rings is 1. The summed E-state index contributed by atoms with van der Waals surface area (Å²) in [4.78, 5) is 0. The number of hydrogen-bond acceptors (Lipinski definition) is 2. The predicted octanol–water partition coefficient (Wildman–Crippen LogP) is 4.67. The third kappa shape index (κ3) is 3.06. The van der Waals surface area contributed by atoms with Crippen molar-refractivity contribution in [1.82, 2.24) is 5.32 Å². The van der Waals surface area contributed by atoms with Gasteiger partial charge in [0.1, 0.15) is 11.5 Å². The molecule has 21 heavy (non-hydrogen) atoms. The largest absolute Gasteiger partial charge is 0.466 e. The third-order valence-corrected chi connectivity index (χ3v) is 4.71. The molecule has 1 aromatic carbocycles. The Morgan fingerprint density at radius 1 is 1.29 bits per heavy atom. The Morgan fingerprint density at radius 3 is 2.86 bits per heavy atom. The van der Waals surface area contributed by atoms with Gasteiger partial charge in [0.2, 0.25) is 0 Å². The minimum absolute atomic E-state index is 0.344. The van der Waals surface area contributed by atoms with Crippen LogP contribution in [0.4, 0.5) is 0 Å². The zero-order chi connectivity index (χ0) is 14.8. The molecule has 2 atom stereocenters. The molecule has 0 amide bonds. The van der Waals surface area contributed by atoms with Crippen LogP contribution in [0.2, 0.25) is 0 Å². The summed E-state index contributed by atoms with van der Waals surface area (Å²) in [5, 5.41) is 3.70. The zero-order valence-corrected chi connectivity index (χ0v) is 13.3. The van der Waals surface area contributed by atoms with Gasteiger partial charge in [-0.3, -0.25) is 0 Å². The van der Waals surface area contributed by atoms with Crippen molar-refractivity contribution in [2.75, 3.05) is 6.54 Å². The molecule has 0 fully saturated rings. The Bertz CT molecular complexity index is 614. The molecule has 2 nitrogen and oxygen atoms in total. The standard InChI is InChI=1S/C19H25NO/c1-13-11-19(15(3)21-13)14(2)20-12-17-9-6-8-16-7-4-5-10-18(16)17/h4-5,7,10-11,14,17,20H,6,8-9,12H2,1-3H3. The average molecular weight is 283 g/mol. The SMILES string of the molecule is Cc1cc(C(C)NCC2CCCc3ccccc32)c(C)o1. The molecule has 1 aromatic heterocycles. The van der Waals surface area contributed by atoms with Gasteiger partial charge < -0.3 is 9.73 Å². The lowest BCUT2D eigenvalue weighted by Crippen LogP contribution is -2.27. The first-order chi connectivity index (χ1) is 10.1. The highest BCUT2D eigenvalue weighted by Gasteiger charge is 2.21. The van der Waals surface area contributed by atoms with Crippen LogP contribution in [0, 0.1) is 13.8 Å². The van der Waals surface area contributed by atoms with Gasteiger partial charge in [0.05, 0.1) is 0 Å². The first-order valence-electron chi connectivity index (χ1n) is 8.03. The second kappa shape index (κ2) is 6.07. The van der Waals surface area contributed by atoms with Gasteiger partial charge in [-0.25, -0.2) is 0 Å². The van der Waals surface area contributed by atoms with E-state index < -0.39 is 0 Å². The maximum Gasteiger partial charge on any atom is 0.105 e. The maximum atomic E-state index is 5.64. The van der Waals surface area contributed by atoms with Crippen LogP contribution in [0.5, 0.6) is 0 Å². The third-order valence-electron chi connectivity index (χ3n) is 4.71. The molecule has 0 radical (unpaired) electrons. The van der Waals surface area contributed by atoms with Crippen LogP contribution in [-0.2, 0) is 6.42 Å². The molecule has 2 unspecified atom stereocenters. The monoisotopic (exact) mass is 283 g/mol. The molecule has 1 aliphatic carbocycles. The van der Waals surface area contributed by atoms with E-state index in [4.69, 9.17) is 4.42 Å². The van der Waals surface area contributed by atoms with E-state index in [1.165, 1.54) is 24.8 Å². The zero-order valence-electron chi connectivity index (χ0n) is 13.3. The molecule has 0 bridgehead atoms. The van der Waals surface area contributed by atoms with Gasteiger partial charge in [0, 0.05) is 18.2 Å². The molecule has 1 heterocycles. The molecule has 0 spiro atoms. The lowest BCUT2D eigenvalue weighted by atomic mass is 9.82. The van der Waals surface area contributed by atoms with Crippen molar-refractivity contribution in [2.45, 2.75) is 52.0 Å². The van der Waals surface area contributed by atoms with E-state index in [1.807, 2.05) is 6.92 Å². The fraction of sp³-hybridized carbons (Fsp3) is 0.474. The van der Waals surface area contributed by atoms with Gasteiger partial charge in [0.15, 0.2) is 0 Å². The molecule has 1 aliphatic rings. The molecule has 2 aromatic rings. The Morgan fingerprint density at radius 2 is 2.10 bits per heavy atom. The second-order valence-corrected chi connectivity index (χ2v) is 6.29. The van der Waals surface area contributed by atoms with E-state index in [1.54, 1.807) is 11.1 Å². The van der Waals surface area contributed by atoms with E-state index in [0.717, 1.165) is 18.1 Å². The molecule has 3 rings (SSSR count). The molecule has 0 saturated carbocycles. The normalized spacial score (nSPS) is 19.3. The van der Waals surface area contributed by atoms with Crippen molar-refractivity contribution in [3.05, 3.63) is 58.5 Å². The van der Waals surface area contributed by atoms with E-state index in [2.05, 4.69) is 49.5 Å². The quantitative estimate of drug-likeness (QED) is 0.882. The van der Waals surface area contributed by atoms with Crippen LogP contribution in [-0.4, -0.2) is 6.54 Å². The van der Waals surface area contributed by atoms with E-state index in [-0.39, 0.29) is 0 Å². The van der Waals surface area contributed by atoms with Gasteiger partial charge in [-0.05, 0) is 63.1 Å². The van der Waals surface area contributed by atoms with Gasteiger partial charge >= 0.3 is 0 Å².